The van der Waals surface area contributed by atoms with Gasteiger partial charge in [-0.3, -0.25) is 0 Å². The molecular formula is C15H24N2. The Morgan fingerprint density at radius 1 is 1.06 bits per heavy atom. The van der Waals surface area contributed by atoms with Crippen molar-refractivity contribution in [2.45, 2.75) is 53.9 Å². The van der Waals surface area contributed by atoms with Crippen molar-refractivity contribution in [2.75, 3.05) is 0 Å². The van der Waals surface area contributed by atoms with Gasteiger partial charge in [0.15, 0.2) is 0 Å². The van der Waals surface area contributed by atoms with Crippen LogP contribution in [0.25, 0.3) is 0 Å². The van der Waals surface area contributed by atoms with Crippen LogP contribution in [0.5, 0.6) is 0 Å². The maximum atomic E-state index is 4.42. The lowest BCUT2D eigenvalue weighted by Gasteiger charge is -2.39. The Hall–Kier alpha value is -0.920. The lowest BCUT2D eigenvalue weighted by Crippen LogP contribution is -2.32. The molecule has 0 saturated carbocycles. The number of fused-ring (bicyclic) bond motifs is 1. The van der Waals surface area contributed by atoms with Gasteiger partial charge in [0.1, 0.15) is 0 Å². The molecule has 1 aliphatic rings. The molecule has 2 heteroatoms. The summed E-state index contributed by atoms with van der Waals surface area (Å²) < 4.78 is 0. The second kappa shape index (κ2) is 3.79. The molecule has 0 spiro atoms. The van der Waals surface area contributed by atoms with Crippen molar-refractivity contribution in [1.29, 1.82) is 0 Å². The van der Waals surface area contributed by atoms with Gasteiger partial charge in [-0.15, -0.1) is 0 Å². The SMILES string of the molecule is CC(C)(C)C1Cc2ccnnc2C1C(C)(C)C. The van der Waals surface area contributed by atoms with Crippen LogP contribution in [0.4, 0.5) is 0 Å². The van der Waals surface area contributed by atoms with Crippen molar-refractivity contribution in [3.05, 3.63) is 23.5 Å². The molecule has 0 saturated heterocycles. The van der Waals surface area contributed by atoms with E-state index in [2.05, 4.69) is 57.8 Å². The van der Waals surface area contributed by atoms with Crippen molar-refractivity contribution in [1.82, 2.24) is 10.2 Å². The predicted molar refractivity (Wildman–Crippen MR) is 70.9 cm³/mol. The normalized spacial score (nSPS) is 24.8. The molecule has 1 aromatic rings. The molecule has 0 fully saturated rings. The summed E-state index contributed by atoms with van der Waals surface area (Å²) in [7, 11) is 0. The highest BCUT2D eigenvalue weighted by Crippen LogP contribution is 2.53. The van der Waals surface area contributed by atoms with Gasteiger partial charge in [0, 0.05) is 12.1 Å². The maximum absolute atomic E-state index is 4.42. The van der Waals surface area contributed by atoms with E-state index in [0.29, 0.717) is 17.3 Å². The first kappa shape index (κ1) is 12.5. The maximum Gasteiger partial charge on any atom is 0.0702 e. The van der Waals surface area contributed by atoms with Gasteiger partial charge in [0.05, 0.1) is 5.69 Å². The van der Waals surface area contributed by atoms with E-state index >= 15 is 0 Å². The monoisotopic (exact) mass is 232 g/mol. The standard InChI is InChI=1S/C15H24N2/c1-14(2,3)11-9-10-7-8-16-17-13(10)12(11)15(4,5)6/h7-8,11-12H,9H2,1-6H3. The molecule has 94 valence electrons. The lowest BCUT2D eigenvalue weighted by molar-refractivity contribution is 0.139. The second-order valence-corrected chi connectivity index (χ2v) is 7.46. The fraction of sp³-hybridized carbons (Fsp3) is 0.733. The summed E-state index contributed by atoms with van der Waals surface area (Å²) in [5.41, 5.74) is 3.21. The van der Waals surface area contributed by atoms with Crippen molar-refractivity contribution >= 4 is 0 Å². The van der Waals surface area contributed by atoms with Crippen molar-refractivity contribution in [3.63, 3.8) is 0 Å². The van der Waals surface area contributed by atoms with E-state index in [1.807, 2.05) is 6.20 Å². The number of hydrogen-bond acceptors (Lipinski definition) is 2. The van der Waals surface area contributed by atoms with E-state index in [-0.39, 0.29) is 5.41 Å². The Bertz CT molecular complexity index is 410. The fourth-order valence-electron chi connectivity index (χ4n) is 3.17. The third-order valence-electron chi connectivity index (χ3n) is 4.02. The second-order valence-electron chi connectivity index (χ2n) is 7.46. The van der Waals surface area contributed by atoms with Crippen molar-refractivity contribution in [3.8, 4) is 0 Å². The van der Waals surface area contributed by atoms with Crippen molar-refractivity contribution in [2.24, 2.45) is 16.7 Å². The van der Waals surface area contributed by atoms with Gasteiger partial charge in [-0.1, -0.05) is 41.5 Å². The molecule has 1 aliphatic carbocycles. The number of hydrogen-bond donors (Lipinski definition) is 0. The summed E-state index contributed by atoms with van der Waals surface area (Å²) in [4.78, 5) is 0. The Morgan fingerprint density at radius 2 is 1.71 bits per heavy atom. The molecule has 17 heavy (non-hydrogen) atoms. The molecule has 0 aromatic carbocycles. The Labute approximate surface area is 105 Å². The topological polar surface area (TPSA) is 25.8 Å². The molecule has 2 rings (SSSR count). The van der Waals surface area contributed by atoms with Gasteiger partial charge >= 0.3 is 0 Å². The zero-order chi connectivity index (χ0) is 12.8. The van der Waals surface area contributed by atoms with Gasteiger partial charge in [0.2, 0.25) is 0 Å². The lowest BCUT2D eigenvalue weighted by atomic mass is 9.65. The summed E-state index contributed by atoms with van der Waals surface area (Å²) in [5.74, 6) is 1.18. The molecule has 1 heterocycles. The van der Waals surface area contributed by atoms with E-state index in [4.69, 9.17) is 0 Å². The Balaban J connectivity index is 2.48. The van der Waals surface area contributed by atoms with Crippen LogP contribution >= 0.6 is 0 Å². The van der Waals surface area contributed by atoms with Crippen LogP contribution in [0.15, 0.2) is 12.3 Å². The smallest absolute Gasteiger partial charge is 0.0702 e. The average molecular weight is 232 g/mol. The first-order chi connectivity index (χ1) is 7.71. The Morgan fingerprint density at radius 3 is 2.24 bits per heavy atom. The van der Waals surface area contributed by atoms with Crippen LogP contribution in [0.3, 0.4) is 0 Å². The zero-order valence-electron chi connectivity index (χ0n) is 11.9. The summed E-state index contributed by atoms with van der Waals surface area (Å²) in [5, 5.41) is 8.51. The zero-order valence-corrected chi connectivity index (χ0v) is 11.9. The van der Waals surface area contributed by atoms with Crippen LogP contribution in [-0.2, 0) is 6.42 Å². The predicted octanol–water partition coefficient (Wildman–Crippen LogP) is 3.82. The minimum Gasteiger partial charge on any atom is -0.159 e. The van der Waals surface area contributed by atoms with E-state index in [0.717, 1.165) is 6.42 Å². The van der Waals surface area contributed by atoms with Gasteiger partial charge < -0.3 is 0 Å². The molecule has 0 N–H and O–H groups in total. The quantitative estimate of drug-likeness (QED) is 0.679. The van der Waals surface area contributed by atoms with Crippen LogP contribution in [0.1, 0.15) is 58.7 Å². The molecule has 0 radical (unpaired) electrons. The molecule has 0 bridgehead atoms. The van der Waals surface area contributed by atoms with E-state index in [9.17, 15) is 0 Å². The first-order valence-corrected chi connectivity index (χ1v) is 6.51. The highest BCUT2D eigenvalue weighted by Gasteiger charge is 2.45. The first-order valence-electron chi connectivity index (χ1n) is 6.51. The summed E-state index contributed by atoms with van der Waals surface area (Å²) >= 11 is 0. The molecule has 2 atom stereocenters. The molecular weight excluding hydrogens is 208 g/mol. The van der Waals surface area contributed by atoms with Crippen LogP contribution in [-0.4, -0.2) is 10.2 Å². The van der Waals surface area contributed by atoms with Crippen LogP contribution < -0.4 is 0 Å². The van der Waals surface area contributed by atoms with E-state index < -0.39 is 0 Å². The van der Waals surface area contributed by atoms with E-state index in [1.54, 1.807) is 0 Å². The Kier molecular flexibility index (Phi) is 2.80. The summed E-state index contributed by atoms with van der Waals surface area (Å²) in [6.45, 7) is 14.0. The molecule has 2 nitrogen and oxygen atoms in total. The summed E-state index contributed by atoms with van der Waals surface area (Å²) in [6.07, 6.45) is 2.97. The van der Waals surface area contributed by atoms with Gasteiger partial charge in [0.25, 0.3) is 0 Å². The van der Waals surface area contributed by atoms with Gasteiger partial charge in [-0.25, -0.2) is 0 Å². The number of aromatic nitrogens is 2. The van der Waals surface area contributed by atoms with Crippen molar-refractivity contribution < 1.29 is 0 Å². The largest absolute Gasteiger partial charge is 0.159 e. The van der Waals surface area contributed by atoms with Crippen LogP contribution in [0, 0.1) is 16.7 Å². The molecule has 2 unspecified atom stereocenters. The highest BCUT2D eigenvalue weighted by molar-refractivity contribution is 5.31. The summed E-state index contributed by atoms with van der Waals surface area (Å²) in [6, 6.07) is 2.15. The van der Waals surface area contributed by atoms with Gasteiger partial charge in [-0.2, -0.15) is 10.2 Å². The third-order valence-corrected chi connectivity index (χ3v) is 4.02. The minimum atomic E-state index is 0.249. The van der Waals surface area contributed by atoms with Gasteiger partial charge in [-0.05, 0) is 34.8 Å². The highest BCUT2D eigenvalue weighted by atomic mass is 15.1. The fourth-order valence-corrected chi connectivity index (χ4v) is 3.17. The molecule has 0 aliphatic heterocycles. The molecule has 1 aromatic heterocycles. The van der Waals surface area contributed by atoms with Crippen LogP contribution in [0.2, 0.25) is 0 Å². The molecule has 0 amide bonds. The minimum absolute atomic E-state index is 0.249. The van der Waals surface area contributed by atoms with E-state index in [1.165, 1.54) is 11.3 Å². The third kappa shape index (κ3) is 2.22. The number of nitrogens with zero attached hydrogens (tertiary/aromatic N) is 2. The average Bonchev–Trinajstić information content (AvgIpc) is 2.54. The number of rotatable bonds is 0.